The van der Waals surface area contributed by atoms with Crippen molar-refractivity contribution < 1.29 is 4.74 Å². The number of fused-ring (bicyclic) bond motifs is 8. The van der Waals surface area contributed by atoms with Gasteiger partial charge in [-0.25, -0.2) is 0 Å². The summed E-state index contributed by atoms with van der Waals surface area (Å²) in [4.78, 5) is 2.64. The molecule has 1 heterocycles. The number of allylic oxidation sites excluding steroid dienone is 3. The lowest BCUT2D eigenvalue weighted by molar-refractivity contribution is 0.154. The largest absolute Gasteiger partial charge is 0.473 e. The molecule has 42 heavy (non-hydrogen) atoms. The molecule has 4 aromatic carbocycles. The number of hydrogen-bond acceptors (Lipinski definition) is 3. The first-order chi connectivity index (χ1) is 20.6. The molecule has 0 aromatic heterocycles. The quantitative estimate of drug-likeness (QED) is 0.199. The maximum absolute atomic E-state index is 7.57. The van der Waals surface area contributed by atoms with Crippen molar-refractivity contribution in [3.63, 3.8) is 0 Å². The van der Waals surface area contributed by atoms with E-state index in [0.29, 0.717) is 0 Å². The number of hydrogen-bond donors (Lipinski definition) is 0. The van der Waals surface area contributed by atoms with E-state index in [1.54, 1.807) is 0 Å². The molecule has 0 amide bonds. The highest BCUT2D eigenvalue weighted by molar-refractivity contribution is 8.01. The maximum atomic E-state index is 7.57. The molecule has 0 bridgehead atoms. The lowest BCUT2D eigenvalue weighted by Crippen LogP contribution is -2.36. The van der Waals surface area contributed by atoms with Gasteiger partial charge in [0.25, 0.3) is 0 Å². The van der Waals surface area contributed by atoms with Crippen molar-refractivity contribution in [1.29, 1.82) is 0 Å². The van der Waals surface area contributed by atoms with E-state index in [4.69, 9.17) is 4.74 Å². The van der Waals surface area contributed by atoms with Crippen LogP contribution in [0.4, 0.5) is 0 Å². The van der Waals surface area contributed by atoms with Crippen LogP contribution in [0.2, 0.25) is 0 Å². The molecular formula is C39H38OS2. The van der Waals surface area contributed by atoms with Crippen LogP contribution in [0.1, 0.15) is 68.2 Å². The zero-order valence-corrected chi connectivity index (χ0v) is 26.6. The number of benzene rings is 4. The van der Waals surface area contributed by atoms with Crippen LogP contribution in [0.5, 0.6) is 5.75 Å². The third-order valence-electron chi connectivity index (χ3n) is 9.71. The highest BCUT2D eigenvalue weighted by Crippen LogP contribution is 2.61. The van der Waals surface area contributed by atoms with E-state index in [9.17, 15) is 0 Å². The summed E-state index contributed by atoms with van der Waals surface area (Å²) < 4.78 is 7.57. The minimum atomic E-state index is -0.636. The molecule has 7 rings (SSSR count). The molecule has 2 aliphatic carbocycles. The Bertz CT molecular complexity index is 1780. The molecule has 0 fully saturated rings. The summed E-state index contributed by atoms with van der Waals surface area (Å²) in [5.41, 5.74) is 8.86. The molecule has 0 saturated heterocycles. The van der Waals surface area contributed by atoms with Crippen LogP contribution in [0.25, 0.3) is 28.0 Å². The topological polar surface area (TPSA) is 9.23 Å². The normalized spacial score (nSPS) is 22.0. The summed E-state index contributed by atoms with van der Waals surface area (Å²) in [6.07, 6.45) is 21.3. The summed E-state index contributed by atoms with van der Waals surface area (Å²) in [5.74, 6) is 1.04. The van der Waals surface area contributed by atoms with Crippen LogP contribution in [-0.2, 0) is 11.0 Å². The molecule has 2 unspecified atom stereocenters. The van der Waals surface area contributed by atoms with Gasteiger partial charge in [-0.05, 0) is 89.6 Å². The van der Waals surface area contributed by atoms with Gasteiger partial charge in [0.05, 0.1) is 0 Å². The summed E-state index contributed by atoms with van der Waals surface area (Å²) in [5, 5.41) is 2.54. The monoisotopic (exact) mass is 586 g/mol. The lowest BCUT2D eigenvalue weighted by atomic mass is 9.70. The summed E-state index contributed by atoms with van der Waals surface area (Å²) in [7, 11) is 0. The van der Waals surface area contributed by atoms with Crippen molar-refractivity contribution in [2.75, 3.05) is 12.5 Å². The Morgan fingerprint density at radius 3 is 2.31 bits per heavy atom. The van der Waals surface area contributed by atoms with Crippen LogP contribution in [0, 0.1) is 0 Å². The summed E-state index contributed by atoms with van der Waals surface area (Å²) in [6.45, 7) is 4.71. The fraction of sp³-hybridized carbons (Fsp3) is 0.282. The lowest BCUT2D eigenvalue weighted by Gasteiger charge is -2.41. The first kappa shape index (κ1) is 27.7. The van der Waals surface area contributed by atoms with Gasteiger partial charge in [0.1, 0.15) is 5.75 Å². The first-order valence-electron chi connectivity index (χ1n) is 15.3. The van der Waals surface area contributed by atoms with Gasteiger partial charge in [-0.1, -0.05) is 99.2 Å². The van der Waals surface area contributed by atoms with Gasteiger partial charge < -0.3 is 4.74 Å². The minimum Gasteiger partial charge on any atom is -0.473 e. The Morgan fingerprint density at radius 1 is 0.881 bits per heavy atom. The minimum absolute atomic E-state index is 0.0378. The van der Waals surface area contributed by atoms with Crippen molar-refractivity contribution in [2.24, 2.45) is 0 Å². The predicted octanol–water partition coefficient (Wildman–Crippen LogP) is 11.3. The van der Waals surface area contributed by atoms with Crippen LogP contribution in [-0.4, -0.2) is 12.5 Å². The molecule has 0 saturated carbocycles. The SMILES string of the molecule is CCCC1(CC)c2ccccc2-c2c1c1c(c3cc(SC)c(SC)cc23)OC(C2=CC=CCC2)(c2ccccc2)C=C1. The Kier molecular flexibility index (Phi) is 7.15. The smallest absolute Gasteiger partial charge is 0.174 e. The summed E-state index contributed by atoms with van der Waals surface area (Å²) in [6, 6.07) is 24.9. The van der Waals surface area contributed by atoms with E-state index in [-0.39, 0.29) is 5.41 Å². The highest BCUT2D eigenvalue weighted by atomic mass is 32.2. The maximum Gasteiger partial charge on any atom is 0.174 e. The third kappa shape index (κ3) is 3.93. The second-order valence-electron chi connectivity index (χ2n) is 11.7. The zero-order chi connectivity index (χ0) is 28.9. The molecule has 2 atom stereocenters. The van der Waals surface area contributed by atoms with Gasteiger partial charge in [-0.3, -0.25) is 0 Å². The summed E-state index contributed by atoms with van der Waals surface area (Å²) >= 11 is 3.67. The Hall–Kier alpha value is -3.14. The number of thioether (sulfide) groups is 2. The van der Waals surface area contributed by atoms with Gasteiger partial charge in [0.15, 0.2) is 5.60 Å². The molecular weight excluding hydrogens is 549 g/mol. The molecule has 1 nitrogen and oxygen atoms in total. The molecule has 0 spiro atoms. The van der Waals surface area contributed by atoms with Crippen molar-refractivity contribution in [1.82, 2.24) is 0 Å². The van der Waals surface area contributed by atoms with Gasteiger partial charge in [0.2, 0.25) is 0 Å². The van der Waals surface area contributed by atoms with E-state index >= 15 is 0 Å². The van der Waals surface area contributed by atoms with Gasteiger partial charge >= 0.3 is 0 Å². The Balaban J connectivity index is 1.62. The number of ether oxygens (including phenoxy) is 1. The molecule has 212 valence electrons. The molecule has 0 radical (unpaired) electrons. The van der Waals surface area contributed by atoms with E-state index < -0.39 is 5.60 Å². The van der Waals surface area contributed by atoms with Crippen LogP contribution >= 0.6 is 23.5 Å². The fourth-order valence-corrected chi connectivity index (χ4v) is 9.33. The van der Waals surface area contributed by atoms with Gasteiger partial charge in [-0.15, -0.1) is 23.5 Å². The van der Waals surface area contributed by atoms with Crippen molar-refractivity contribution >= 4 is 40.4 Å². The fourth-order valence-electron chi connectivity index (χ4n) is 7.84. The first-order valence-corrected chi connectivity index (χ1v) is 17.7. The van der Waals surface area contributed by atoms with Crippen molar-refractivity contribution in [3.8, 4) is 16.9 Å². The van der Waals surface area contributed by atoms with Crippen molar-refractivity contribution in [2.45, 2.75) is 66.8 Å². The van der Waals surface area contributed by atoms with E-state index in [1.807, 2.05) is 23.5 Å². The predicted molar refractivity (Wildman–Crippen MR) is 183 cm³/mol. The molecule has 1 aliphatic heterocycles. The van der Waals surface area contributed by atoms with Crippen LogP contribution in [0.3, 0.4) is 0 Å². The average molecular weight is 587 g/mol. The van der Waals surface area contributed by atoms with Gasteiger partial charge in [0, 0.05) is 31.7 Å². The van der Waals surface area contributed by atoms with Crippen LogP contribution in [0.15, 0.2) is 106 Å². The average Bonchev–Trinajstić information content (AvgIpc) is 3.35. The number of rotatable bonds is 7. The van der Waals surface area contributed by atoms with E-state index in [0.717, 1.165) is 37.9 Å². The zero-order valence-electron chi connectivity index (χ0n) is 25.0. The standard InChI is InChI=1S/C39H38OS2/c1-5-22-38(6-2)32-20-14-13-19-28(32)35-30-24-33(41-3)34(42-4)25-31(30)37-29(36(35)38)21-23-39(40-37,26-15-9-7-10-16-26)27-17-11-8-12-18-27/h7-11,13-17,19-21,23-25H,5-6,12,18,22H2,1-4H3. The molecule has 0 N–H and O–H groups in total. The molecule has 3 aliphatic rings. The van der Waals surface area contributed by atoms with Gasteiger partial charge in [-0.2, -0.15) is 0 Å². The molecule has 3 heteroatoms. The highest BCUT2D eigenvalue weighted by Gasteiger charge is 2.47. The second-order valence-corrected chi connectivity index (χ2v) is 13.4. The van der Waals surface area contributed by atoms with E-state index in [2.05, 4.69) is 123 Å². The third-order valence-corrected chi connectivity index (χ3v) is 11.4. The molecule has 4 aromatic rings. The second kappa shape index (κ2) is 10.8. The van der Waals surface area contributed by atoms with E-state index in [1.165, 1.54) is 59.5 Å². The van der Waals surface area contributed by atoms with Crippen LogP contribution < -0.4 is 4.74 Å². The Labute approximate surface area is 259 Å². The Morgan fingerprint density at radius 2 is 1.62 bits per heavy atom. The van der Waals surface area contributed by atoms with Crippen molar-refractivity contribution in [3.05, 3.63) is 119 Å².